The fourth-order valence-corrected chi connectivity index (χ4v) is 3.91. The molecule has 2 saturated heterocycles. The molecule has 0 atom stereocenters. The third kappa shape index (κ3) is 3.83. The van der Waals surface area contributed by atoms with Gasteiger partial charge in [-0.05, 0) is 30.7 Å². The maximum atomic E-state index is 12.3. The summed E-state index contributed by atoms with van der Waals surface area (Å²) in [4.78, 5) is 13.7. The van der Waals surface area contributed by atoms with E-state index in [1.807, 2.05) is 0 Å². The number of rotatable bonds is 2. The molecule has 0 aliphatic carbocycles. The number of nitrogens with zero attached hydrogens (tertiary/aromatic N) is 1. The number of carbonyl (C=O) groups excluding carboxylic acids is 1. The number of nitrogens with one attached hydrogen (secondary N) is 1. The molecule has 3 rings (SSSR count). The summed E-state index contributed by atoms with van der Waals surface area (Å²) in [5.74, 6) is -0.621. The summed E-state index contributed by atoms with van der Waals surface area (Å²) in [6.45, 7) is 2.05. The number of hydrogen-bond donors (Lipinski definition) is 1. The first-order valence-corrected chi connectivity index (χ1v) is 9.62. The predicted octanol–water partition coefficient (Wildman–Crippen LogP) is 1.97. The molecule has 1 aromatic rings. The van der Waals surface area contributed by atoms with Crippen LogP contribution < -0.4 is 4.72 Å². The molecule has 2 amide bonds. The highest BCUT2D eigenvalue weighted by atomic mass is 35.5. The Morgan fingerprint density at radius 3 is 2.29 bits per heavy atom. The van der Waals surface area contributed by atoms with Gasteiger partial charge in [0, 0.05) is 31.0 Å². The Hall–Kier alpha value is -1.35. The van der Waals surface area contributed by atoms with Crippen LogP contribution in [0.1, 0.15) is 19.3 Å². The summed E-state index contributed by atoms with van der Waals surface area (Å²) >= 11 is 5.75. The van der Waals surface area contributed by atoms with Crippen molar-refractivity contribution in [3.05, 3.63) is 29.3 Å². The number of piperidine rings is 1. The van der Waals surface area contributed by atoms with Gasteiger partial charge in [-0.1, -0.05) is 11.6 Å². The summed E-state index contributed by atoms with van der Waals surface area (Å²) in [5.41, 5.74) is 0. The molecule has 0 aromatic heterocycles. The van der Waals surface area contributed by atoms with Crippen molar-refractivity contribution in [1.82, 2.24) is 9.62 Å². The lowest BCUT2D eigenvalue weighted by atomic mass is 10.0. The molecule has 0 radical (unpaired) electrons. The van der Waals surface area contributed by atoms with Crippen molar-refractivity contribution in [2.75, 3.05) is 26.3 Å². The molecular weight excluding hydrogens is 356 g/mol. The van der Waals surface area contributed by atoms with E-state index in [-0.39, 0.29) is 4.90 Å². The van der Waals surface area contributed by atoms with Gasteiger partial charge in [-0.25, -0.2) is 17.9 Å². The molecule has 2 fully saturated rings. The van der Waals surface area contributed by atoms with E-state index < -0.39 is 21.8 Å². The van der Waals surface area contributed by atoms with E-state index in [0.717, 1.165) is 6.42 Å². The minimum absolute atomic E-state index is 0.00678. The highest BCUT2D eigenvalue weighted by Crippen LogP contribution is 2.30. The van der Waals surface area contributed by atoms with E-state index in [2.05, 4.69) is 4.72 Å². The smallest absolute Gasteiger partial charge is 0.331 e. The normalized spacial score (nSPS) is 20.8. The number of amides is 2. The summed E-state index contributed by atoms with van der Waals surface area (Å²) in [7, 11) is -3.92. The first-order chi connectivity index (χ1) is 11.4. The number of carbonyl (C=O) groups is 1. The van der Waals surface area contributed by atoms with Crippen LogP contribution in [0.3, 0.4) is 0 Å². The minimum Gasteiger partial charge on any atom is -0.350 e. The van der Waals surface area contributed by atoms with Crippen LogP contribution in [0.15, 0.2) is 29.2 Å². The van der Waals surface area contributed by atoms with Gasteiger partial charge in [0.2, 0.25) is 0 Å². The van der Waals surface area contributed by atoms with Gasteiger partial charge in [-0.2, -0.15) is 0 Å². The average Bonchev–Trinajstić information content (AvgIpc) is 2.56. The van der Waals surface area contributed by atoms with Crippen molar-refractivity contribution in [1.29, 1.82) is 0 Å². The van der Waals surface area contributed by atoms with Crippen LogP contribution in [-0.4, -0.2) is 51.4 Å². The molecule has 7 nitrogen and oxygen atoms in total. The highest BCUT2D eigenvalue weighted by molar-refractivity contribution is 7.90. The van der Waals surface area contributed by atoms with Crippen LogP contribution in [0.4, 0.5) is 4.79 Å². The van der Waals surface area contributed by atoms with Crippen LogP contribution in [0.5, 0.6) is 0 Å². The van der Waals surface area contributed by atoms with Crippen LogP contribution in [0, 0.1) is 0 Å². The molecule has 0 bridgehead atoms. The predicted molar refractivity (Wildman–Crippen MR) is 87.2 cm³/mol. The molecule has 1 N–H and O–H groups in total. The maximum Gasteiger partial charge on any atom is 0.331 e. The second-order valence-electron chi connectivity index (χ2n) is 5.81. The number of halogens is 1. The molecule has 1 aromatic carbocycles. The van der Waals surface area contributed by atoms with Crippen LogP contribution in [0.2, 0.25) is 5.02 Å². The van der Waals surface area contributed by atoms with Crippen molar-refractivity contribution >= 4 is 27.7 Å². The third-order valence-corrected chi connectivity index (χ3v) is 5.77. The van der Waals surface area contributed by atoms with Crippen LogP contribution >= 0.6 is 11.6 Å². The molecule has 2 aliphatic heterocycles. The molecule has 2 heterocycles. The van der Waals surface area contributed by atoms with Gasteiger partial charge in [0.1, 0.15) is 0 Å². The van der Waals surface area contributed by atoms with E-state index in [4.69, 9.17) is 21.1 Å². The molecular formula is C15H19ClN2O5S. The van der Waals surface area contributed by atoms with E-state index in [0.29, 0.717) is 44.2 Å². The van der Waals surface area contributed by atoms with Gasteiger partial charge in [0.05, 0.1) is 18.1 Å². The number of ether oxygens (including phenoxy) is 2. The molecule has 0 saturated carbocycles. The molecule has 132 valence electrons. The molecule has 9 heteroatoms. The number of benzene rings is 1. The number of likely N-dealkylation sites (tertiary alicyclic amines) is 1. The maximum absolute atomic E-state index is 12.3. The fraction of sp³-hybridized carbons (Fsp3) is 0.533. The Morgan fingerprint density at radius 1 is 1.12 bits per heavy atom. The Balaban J connectivity index is 1.60. The summed E-state index contributed by atoms with van der Waals surface area (Å²) in [5, 5.41) is 0.425. The average molecular weight is 375 g/mol. The van der Waals surface area contributed by atoms with E-state index >= 15 is 0 Å². The second kappa shape index (κ2) is 6.87. The lowest BCUT2D eigenvalue weighted by Gasteiger charge is -2.43. The number of hydrogen-bond acceptors (Lipinski definition) is 5. The first kappa shape index (κ1) is 17.5. The van der Waals surface area contributed by atoms with Gasteiger partial charge < -0.3 is 14.4 Å². The fourth-order valence-electron chi connectivity index (χ4n) is 2.81. The zero-order chi connectivity index (χ0) is 17.2. The zero-order valence-corrected chi connectivity index (χ0v) is 14.6. The van der Waals surface area contributed by atoms with Crippen molar-refractivity contribution in [3.63, 3.8) is 0 Å². The minimum atomic E-state index is -3.92. The van der Waals surface area contributed by atoms with E-state index in [1.54, 1.807) is 0 Å². The molecule has 0 unspecified atom stereocenters. The Morgan fingerprint density at radius 2 is 1.71 bits per heavy atom. The lowest BCUT2D eigenvalue weighted by molar-refractivity contribution is -0.281. The summed E-state index contributed by atoms with van der Waals surface area (Å²) < 4.78 is 38.0. The van der Waals surface area contributed by atoms with Gasteiger partial charge in [0.15, 0.2) is 5.79 Å². The van der Waals surface area contributed by atoms with Crippen LogP contribution in [0.25, 0.3) is 0 Å². The zero-order valence-electron chi connectivity index (χ0n) is 13.0. The molecule has 2 aliphatic rings. The Labute approximate surface area is 145 Å². The Kier molecular flexibility index (Phi) is 5.00. The van der Waals surface area contributed by atoms with Crippen molar-refractivity contribution in [2.45, 2.75) is 29.9 Å². The van der Waals surface area contributed by atoms with Crippen molar-refractivity contribution < 1.29 is 22.7 Å². The molecule has 24 heavy (non-hydrogen) atoms. The van der Waals surface area contributed by atoms with E-state index in [9.17, 15) is 13.2 Å². The van der Waals surface area contributed by atoms with Crippen molar-refractivity contribution in [3.8, 4) is 0 Å². The number of sulfonamides is 1. The topological polar surface area (TPSA) is 84.9 Å². The van der Waals surface area contributed by atoms with Gasteiger partial charge in [0.25, 0.3) is 10.0 Å². The largest absolute Gasteiger partial charge is 0.350 e. The van der Waals surface area contributed by atoms with Gasteiger partial charge in [-0.15, -0.1) is 0 Å². The SMILES string of the molecule is O=C(NS(=O)(=O)c1ccc(Cl)cc1)N1CCC2(CC1)OCCCO2. The lowest BCUT2D eigenvalue weighted by Crippen LogP contribution is -2.54. The Bertz CT molecular complexity index is 691. The van der Waals surface area contributed by atoms with Crippen LogP contribution in [-0.2, 0) is 19.5 Å². The van der Waals surface area contributed by atoms with E-state index in [1.165, 1.54) is 29.2 Å². The van der Waals surface area contributed by atoms with Gasteiger partial charge in [-0.3, -0.25) is 0 Å². The number of urea groups is 1. The highest BCUT2D eigenvalue weighted by Gasteiger charge is 2.39. The summed E-state index contributed by atoms with van der Waals surface area (Å²) in [6, 6.07) is 4.99. The van der Waals surface area contributed by atoms with Crippen molar-refractivity contribution in [2.24, 2.45) is 0 Å². The second-order valence-corrected chi connectivity index (χ2v) is 7.93. The monoisotopic (exact) mass is 374 g/mol. The molecule has 1 spiro atoms. The van der Waals surface area contributed by atoms with Gasteiger partial charge >= 0.3 is 6.03 Å². The first-order valence-electron chi connectivity index (χ1n) is 7.75. The standard InChI is InChI=1S/C15H19ClN2O5S/c16-12-2-4-13(5-3-12)24(20,21)17-14(19)18-8-6-15(7-9-18)22-10-1-11-23-15/h2-5H,1,6-11H2,(H,17,19). The third-order valence-electron chi connectivity index (χ3n) is 4.18. The quantitative estimate of drug-likeness (QED) is 0.855. The summed E-state index contributed by atoms with van der Waals surface area (Å²) in [6.07, 6.45) is 1.92.